The Labute approximate surface area is 152 Å². The van der Waals surface area contributed by atoms with Crippen LogP contribution in [0.5, 0.6) is 11.5 Å². The Balaban J connectivity index is 1.69. The van der Waals surface area contributed by atoms with Crippen molar-refractivity contribution in [1.29, 1.82) is 0 Å². The van der Waals surface area contributed by atoms with E-state index in [1.54, 1.807) is 25.3 Å². The summed E-state index contributed by atoms with van der Waals surface area (Å²) in [7, 11) is 3.07. The van der Waals surface area contributed by atoms with Crippen LogP contribution in [0.1, 0.15) is 33.6 Å². The van der Waals surface area contributed by atoms with E-state index >= 15 is 0 Å². The fourth-order valence-corrected chi connectivity index (χ4v) is 2.89. The second-order valence-corrected chi connectivity index (χ2v) is 5.98. The molecule has 0 aliphatic carbocycles. The quantitative estimate of drug-likeness (QED) is 0.581. The number of carbonyl (C=O) groups is 2. The van der Waals surface area contributed by atoms with Gasteiger partial charge in [0.2, 0.25) is 0 Å². The molecule has 0 saturated carbocycles. The van der Waals surface area contributed by atoms with Gasteiger partial charge in [-0.05, 0) is 35.0 Å². The van der Waals surface area contributed by atoms with Crippen molar-refractivity contribution in [1.82, 2.24) is 0 Å². The summed E-state index contributed by atoms with van der Waals surface area (Å²) in [5, 5.41) is 2.11. The van der Waals surface area contributed by atoms with Crippen LogP contribution in [0.4, 0.5) is 0 Å². The second kappa shape index (κ2) is 7.83. The summed E-state index contributed by atoms with van der Waals surface area (Å²) < 4.78 is 10.4. The first-order valence-corrected chi connectivity index (χ1v) is 8.39. The molecule has 132 valence electrons. The van der Waals surface area contributed by atoms with E-state index in [0.717, 1.165) is 10.8 Å². The van der Waals surface area contributed by atoms with Gasteiger partial charge in [0.05, 0.1) is 14.2 Å². The summed E-state index contributed by atoms with van der Waals surface area (Å²) >= 11 is 0. The number of rotatable bonds is 7. The van der Waals surface area contributed by atoms with Gasteiger partial charge in [0.25, 0.3) is 0 Å². The van der Waals surface area contributed by atoms with Crippen LogP contribution in [0.2, 0.25) is 0 Å². The summed E-state index contributed by atoms with van der Waals surface area (Å²) in [6.07, 6.45) is 0.326. The molecule has 0 bridgehead atoms. The van der Waals surface area contributed by atoms with Gasteiger partial charge in [-0.2, -0.15) is 0 Å². The molecular formula is C22H20O4. The molecule has 4 nitrogen and oxygen atoms in total. The predicted molar refractivity (Wildman–Crippen MR) is 101 cm³/mol. The third kappa shape index (κ3) is 3.75. The molecule has 0 aliphatic heterocycles. The lowest BCUT2D eigenvalue weighted by molar-refractivity contribution is 0.0917. The Morgan fingerprint density at radius 1 is 0.692 bits per heavy atom. The van der Waals surface area contributed by atoms with Crippen LogP contribution >= 0.6 is 0 Å². The van der Waals surface area contributed by atoms with Gasteiger partial charge < -0.3 is 9.47 Å². The van der Waals surface area contributed by atoms with Crippen LogP contribution in [-0.2, 0) is 0 Å². The minimum atomic E-state index is -0.0971. The van der Waals surface area contributed by atoms with Crippen molar-refractivity contribution in [3.05, 3.63) is 71.8 Å². The Bertz CT molecular complexity index is 959. The highest BCUT2D eigenvalue weighted by Gasteiger charge is 2.14. The Kier molecular flexibility index (Phi) is 5.32. The molecule has 0 saturated heterocycles. The fourth-order valence-electron chi connectivity index (χ4n) is 2.89. The molecule has 0 unspecified atom stereocenters. The van der Waals surface area contributed by atoms with E-state index in [2.05, 4.69) is 0 Å². The number of hydrogen-bond acceptors (Lipinski definition) is 4. The molecule has 0 heterocycles. The highest BCUT2D eigenvalue weighted by atomic mass is 16.5. The largest absolute Gasteiger partial charge is 0.493 e. The van der Waals surface area contributed by atoms with Crippen molar-refractivity contribution >= 4 is 22.3 Å². The van der Waals surface area contributed by atoms with Crippen molar-refractivity contribution in [3.63, 3.8) is 0 Å². The number of Topliss-reactive ketones (excluding diaryl/α,β-unsaturated/α-hetero) is 2. The molecule has 0 spiro atoms. The van der Waals surface area contributed by atoms with E-state index in [1.807, 2.05) is 42.5 Å². The molecule has 0 atom stereocenters. The summed E-state index contributed by atoms with van der Waals surface area (Å²) in [6.45, 7) is 0. The normalized spacial score (nSPS) is 10.5. The first-order valence-electron chi connectivity index (χ1n) is 8.39. The first kappa shape index (κ1) is 17.7. The number of fused-ring (bicyclic) bond motifs is 1. The monoisotopic (exact) mass is 348 g/mol. The van der Waals surface area contributed by atoms with Gasteiger partial charge in [-0.25, -0.2) is 0 Å². The van der Waals surface area contributed by atoms with E-state index < -0.39 is 0 Å². The minimum absolute atomic E-state index is 0.0374. The van der Waals surface area contributed by atoms with Gasteiger partial charge >= 0.3 is 0 Å². The number of methoxy groups -OCH3 is 2. The molecule has 3 aromatic carbocycles. The van der Waals surface area contributed by atoms with Gasteiger partial charge in [0, 0.05) is 24.0 Å². The average molecular weight is 348 g/mol. The van der Waals surface area contributed by atoms with Crippen molar-refractivity contribution in [2.75, 3.05) is 14.2 Å². The molecule has 0 aromatic heterocycles. The Hall–Kier alpha value is -3.14. The third-order valence-corrected chi connectivity index (χ3v) is 4.36. The number of ketones is 2. The lowest BCUT2D eigenvalue weighted by Gasteiger charge is -2.09. The minimum Gasteiger partial charge on any atom is -0.493 e. The molecule has 0 radical (unpaired) electrons. The van der Waals surface area contributed by atoms with Crippen molar-refractivity contribution < 1.29 is 19.1 Å². The highest BCUT2D eigenvalue weighted by Crippen LogP contribution is 2.28. The molecule has 26 heavy (non-hydrogen) atoms. The molecule has 0 amide bonds. The number of hydrogen-bond donors (Lipinski definition) is 0. The number of ether oxygens (including phenoxy) is 2. The molecular weight excluding hydrogens is 328 g/mol. The van der Waals surface area contributed by atoms with Crippen LogP contribution < -0.4 is 9.47 Å². The first-order chi connectivity index (χ1) is 12.6. The zero-order valence-electron chi connectivity index (χ0n) is 14.8. The highest BCUT2D eigenvalue weighted by molar-refractivity contribution is 6.04. The van der Waals surface area contributed by atoms with Crippen LogP contribution in [0.25, 0.3) is 10.8 Å². The van der Waals surface area contributed by atoms with E-state index in [1.165, 1.54) is 7.11 Å². The molecule has 4 heteroatoms. The summed E-state index contributed by atoms with van der Waals surface area (Å²) in [6, 6.07) is 18.5. The van der Waals surface area contributed by atoms with Crippen molar-refractivity contribution in [3.8, 4) is 11.5 Å². The van der Waals surface area contributed by atoms with Gasteiger partial charge in [0.1, 0.15) is 0 Å². The molecule has 0 N–H and O–H groups in total. The summed E-state index contributed by atoms with van der Waals surface area (Å²) in [5.74, 6) is 0.931. The predicted octanol–water partition coefficient (Wildman–Crippen LogP) is 4.70. The summed E-state index contributed by atoms with van der Waals surface area (Å²) in [5.41, 5.74) is 1.14. The standard InChI is InChI=1S/C22H20O4/c1-25-21-12-9-18(14-22(21)26-2)20(24)11-10-19(23)17-8-7-15-5-3-4-6-16(15)13-17/h3-9,12-14H,10-11H2,1-2H3. The Morgan fingerprint density at radius 3 is 1.92 bits per heavy atom. The van der Waals surface area contributed by atoms with E-state index in [4.69, 9.17) is 9.47 Å². The Morgan fingerprint density at radius 2 is 1.27 bits per heavy atom. The topological polar surface area (TPSA) is 52.6 Å². The van der Waals surface area contributed by atoms with Crippen LogP contribution in [-0.4, -0.2) is 25.8 Å². The van der Waals surface area contributed by atoms with Crippen LogP contribution in [0.3, 0.4) is 0 Å². The van der Waals surface area contributed by atoms with E-state index in [-0.39, 0.29) is 24.4 Å². The molecule has 3 rings (SSSR count). The lowest BCUT2D eigenvalue weighted by atomic mass is 9.99. The van der Waals surface area contributed by atoms with E-state index in [9.17, 15) is 9.59 Å². The van der Waals surface area contributed by atoms with Crippen LogP contribution in [0.15, 0.2) is 60.7 Å². The maximum atomic E-state index is 12.5. The fraction of sp³-hybridized carbons (Fsp3) is 0.182. The molecule has 3 aromatic rings. The summed E-state index contributed by atoms with van der Waals surface area (Å²) in [4.78, 5) is 24.9. The molecule has 0 fully saturated rings. The van der Waals surface area contributed by atoms with E-state index in [0.29, 0.717) is 22.6 Å². The SMILES string of the molecule is COc1ccc(C(=O)CCC(=O)c2ccc3ccccc3c2)cc1OC. The van der Waals surface area contributed by atoms with Crippen molar-refractivity contribution in [2.45, 2.75) is 12.8 Å². The van der Waals surface area contributed by atoms with Gasteiger partial charge in [-0.1, -0.05) is 36.4 Å². The van der Waals surface area contributed by atoms with Gasteiger partial charge in [0.15, 0.2) is 23.1 Å². The van der Waals surface area contributed by atoms with Gasteiger partial charge in [-0.3, -0.25) is 9.59 Å². The zero-order chi connectivity index (χ0) is 18.5. The maximum Gasteiger partial charge on any atom is 0.163 e. The number of carbonyl (C=O) groups excluding carboxylic acids is 2. The molecule has 0 aliphatic rings. The smallest absolute Gasteiger partial charge is 0.163 e. The zero-order valence-corrected chi connectivity index (χ0v) is 14.8. The van der Waals surface area contributed by atoms with Crippen molar-refractivity contribution in [2.24, 2.45) is 0 Å². The average Bonchev–Trinajstić information content (AvgIpc) is 2.70. The number of benzene rings is 3. The lowest BCUT2D eigenvalue weighted by Crippen LogP contribution is -2.06. The third-order valence-electron chi connectivity index (χ3n) is 4.36. The second-order valence-electron chi connectivity index (χ2n) is 5.98. The maximum absolute atomic E-state index is 12.5. The van der Waals surface area contributed by atoms with Crippen LogP contribution in [0, 0.1) is 0 Å². The van der Waals surface area contributed by atoms with Gasteiger partial charge in [-0.15, -0.1) is 0 Å².